The monoisotopic (exact) mass is 294 g/mol. The Morgan fingerprint density at radius 2 is 1.95 bits per heavy atom. The highest BCUT2D eigenvalue weighted by molar-refractivity contribution is 7.10. The van der Waals surface area contributed by atoms with Gasteiger partial charge in [-0.15, -0.1) is 11.3 Å². The van der Waals surface area contributed by atoms with Gasteiger partial charge >= 0.3 is 0 Å². The molecule has 1 aromatic heterocycles. The van der Waals surface area contributed by atoms with E-state index in [1.165, 1.54) is 37.4 Å². The fourth-order valence-electron chi connectivity index (χ4n) is 3.34. The molecule has 0 aliphatic carbocycles. The van der Waals surface area contributed by atoms with Gasteiger partial charge in [0.05, 0.1) is 0 Å². The molecule has 0 aromatic carbocycles. The van der Waals surface area contributed by atoms with Gasteiger partial charge in [-0.1, -0.05) is 19.9 Å². The molecule has 1 N–H and O–H groups in total. The van der Waals surface area contributed by atoms with E-state index in [0.29, 0.717) is 18.0 Å². The zero-order valence-corrected chi connectivity index (χ0v) is 14.2. The van der Waals surface area contributed by atoms with Crippen molar-refractivity contribution in [1.29, 1.82) is 0 Å². The van der Waals surface area contributed by atoms with Crippen LogP contribution in [0.5, 0.6) is 0 Å². The third-order valence-corrected chi connectivity index (χ3v) is 5.36. The van der Waals surface area contributed by atoms with E-state index in [-0.39, 0.29) is 0 Å². The number of thiophene rings is 1. The summed E-state index contributed by atoms with van der Waals surface area (Å²) in [6, 6.07) is 5.69. The van der Waals surface area contributed by atoms with Gasteiger partial charge in [-0.25, -0.2) is 0 Å². The maximum absolute atomic E-state index is 3.48. The summed E-state index contributed by atoms with van der Waals surface area (Å²) in [4.78, 5) is 4.27. The predicted octanol–water partition coefficient (Wildman–Crippen LogP) is 4.16. The number of rotatable bonds is 6. The lowest BCUT2D eigenvalue weighted by molar-refractivity contribution is 0.0903. The summed E-state index contributed by atoms with van der Waals surface area (Å²) < 4.78 is 0. The Morgan fingerprint density at radius 1 is 1.25 bits per heavy atom. The predicted molar refractivity (Wildman–Crippen MR) is 89.3 cm³/mol. The molecule has 1 aliphatic heterocycles. The van der Waals surface area contributed by atoms with Crippen molar-refractivity contribution in [2.24, 2.45) is 11.8 Å². The highest BCUT2D eigenvalue weighted by Crippen LogP contribution is 2.34. The summed E-state index contributed by atoms with van der Waals surface area (Å²) >= 11 is 1.91. The van der Waals surface area contributed by atoms with Crippen LogP contribution in [0.2, 0.25) is 0 Å². The van der Waals surface area contributed by atoms with Crippen molar-refractivity contribution >= 4 is 11.3 Å². The van der Waals surface area contributed by atoms with E-state index >= 15 is 0 Å². The Balaban J connectivity index is 2.12. The molecule has 3 heteroatoms. The van der Waals surface area contributed by atoms with E-state index in [4.69, 9.17) is 0 Å². The smallest absolute Gasteiger partial charge is 0.0467 e. The van der Waals surface area contributed by atoms with Crippen molar-refractivity contribution in [3.8, 4) is 0 Å². The number of nitrogens with one attached hydrogen (secondary N) is 1. The van der Waals surface area contributed by atoms with Crippen LogP contribution in [0.25, 0.3) is 0 Å². The van der Waals surface area contributed by atoms with Crippen LogP contribution in [0.4, 0.5) is 0 Å². The maximum atomic E-state index is 3.48. The zero-order valence-electron chi connectivity index (χ0n) is 13.4. The molecular weight excluding hydrogens is 264 g/mol. The molecule has 114 valence electrons. The first-order chi connectivity index (χ1) is 9.59. The topological polar surface area (TPSA) is 15.3 Å². The van der Waals surface area contributed by atoms with Crippen LogP contribution in [0.15, 0.2) is 17.5 Å². The minimum atomic E-state index is 0.574. The summed E-state index contributed by atoms with van der Waals surface area (Å²) in [7, 11) is 0. The molecule has 1 saturated heterocycles. The normalized spacial score (nSPS) is 19.1. The summed E-state index contributed by atoms with van der Waals surface area (Å²) in [5, 5.41) is 5.70. The Bertz CT molecular complexity index is 366. The minimum absolute atomic E-state index is 0.574. The van der Waals surface area contributed by atoms with Gasteiger partial charge in [-0.05, 0) is 63.1 Å². The third-order valence-electron chi connectivity index (χ3n) is 4.41. The Hall–Kier alpha value is -0.380. The van der Waals surface area contributed by atoms with Crippen molar-refractivity contribution in [3.63, 3.8) is 0 Å². The molecule has 1 unspecified atom stereocenters. The lowest BCUT2D eigenvalue weighted by Crippen LogP contribution is -2.42. The van der Waals surface area contributed by atoms with Crippen LogP contribution in [0, 0.1) is 11.8 Å². The maximum Gasteiger partial charge on any atom is 0.0467 e. The van der Waals surface area contributed by atoms with Crippen LogP contribution < -0.4 is 5.32 Å². The summed E-state index contributed by atoms with van der Waals surface area (Å²) in [6.07, 6.45) is 2.66. The summed E-state index contributed by atoms with van der Waals surface area (Å²) in [5.41, 5.74) is 0. The van der Waals surface area contributed by atoms with Gasteiger partial charge in [0, 0.05) is 23.5 Å². The van der Waals surface area contributed by atoms with Crippen LogP contribution >= 0.6 is 11.3 Å². The second-order valence-electron chi connectivity index (χ2n) is 6.69. The number of nitrogens with zero attached hydrogens (tertiary/aromatic N) is 1. The van der Waals surface area contributed by atoms with E-state index in [9.17, 15) is 0 Å². The van der Waals surface area contributed by atoms with Crippen LogP contribution in [0.1, 0.15) is 51.5 Å². The molecule has 0 spiro atoms. The zero-order chi connectivity index (χ0) is 14.5. The highest BCUT2D eigenvalue weighted by atomic mass is 32.1. The van der Waals surface area contributed by atoms with E-state index < -0.39 is 0 Å². The van der Waals surface area contributed by atoms with Crippen molar-refractivity contribution in [1.82, 2.24) is 10.2 Å². The first kappa shape index (κ1) is 16.0. The molecule has 1 fully saturated rings. The molecule has 1 aromatic rings. The van der Waals surface area contributed by atoms with Crippen LogP contribution in [0.3, 0.4) is 0 Å². The van der Waals surface area contributed by atoms with Gasteiger partial charge in [0.1, 0.15) is 0 Å². The minimum Gasteiger partial charge on any atom is -0.317 e. The molecule has 2 rings (SSSR count). The molecule has 2 heterocycles. The van der Waals surface area contributed by atoms with E-state index in [0.717, 1.165) is 5.92 Å². The van der Waals surface area contributed by atoms with Crippen LogP contribution in [-0.4, -0.2) is 30.6 Å². The molecule has 0 amide bonds. The molecule has 0 saturated carbocycles. The second-order valence-corrected chi connectivity index (χ2v) is 7.67. The van der Waals surface area contributed by atoms with Gasteiger partial charge in [0.25, 0.3) is 0 Å². The number of hydrogen-bond donors (Lipinski definition) is 1. The molecule has 20 heavy (non-hydrogen) atoms. The van der Waals surface area contributed by atoms with Gasteiger partial charge in [0.15, 0.2) is 0 Å². The lowest BCUT2D eigenvalue weighted by atomic mass is 9.93. The van der Waals surface area contributed by atoms with Gasteiger partial charge in [-0.2, -0.15) is 0 Å². The number of piperidine rings is 1. The fourth-order valence-corrected chi connectivity index (χ4v) is 4.36. The van der Waals surface area contributed by atoms with E-state index in [2.05, 4.69) is 55.4 Å². The second kappa shape index (κ2) is 7.58. The van der Waals surface area contributed by atoms with Crippen molar-refractivity contribution in [2.45, 2.75) is 52.6 Å². The van der Waals surface area contributed by atoms with Crippen molar-refractivity contribution in [3.05, 3.63) is 22.4 Å². The quantitative estimate of drug-likeness (QED) is 0.847. The SMILES string of the molecule is CC(C)C(c1cccs1)N(CC1CCNCC1)C(C)C. The third kappa shape index (κ3) is 4.06. The molecule has 2 nitrogen and oxygen atoms in total. The standard InChI is InChI=1S/C17H30N2S/c1-13(2)17(16-6-5-11-20-16)19(14(3)4)12-15-7-9-18-10-8-15/h5-6,11,13-15,17-18H,7-10,12H2,1-4H3. The van der Waals surface area contributed by atoms with E-state index in [1.807, 2.05) is 11.3 Å². The fraction of sp³-hybridized carbons (Fsp3) is 0.765. The average molecular weight is 295 g/mol. The average Bonchev–Trinajstić information content (AvgIpc) is 2.92. The lowest BCUT2D eigenvalue weighted by Gasteiger charge is -2.40. The number of hydrogen-bond acceptors (Lipinski definition) is 3. The van der Waals surface area contributed by atoms with Gasteiger partial charge in [-0.3, -0.25) is 4.90 Å². The van der Waals surface area contributed by atoms with Gasteiger partial charge < -0.3 is 5.32 Å². The van der Waals surface area contributed by atoms with E-state index in [1.54, 1.807) is 0 Å². The summed E-state index contributed by atoms with van der Waals surface area (Å²) in [5.74, 6) is 1.53. The first-order valence-electron chi connectivity index (χ1n) is 8.09. The molecular formula is C17H30N2S. The Labute approximate surface area is 128 Å². The van der Waals surface area contributed by atoms with Gasteiger partial charge in [0.2, 0.25) is 0 Å². The molecule has 0 bridgehead atoms. The Morgan fingerprint density at radius 3 is 2.45 bits per heavy atom. The molecule has 1 aliphatic rings. The highest BCUT2D eigenvalue weighted by Gasteiger charge is 2.29. The summed E-state index contributed by atoms with van der Waals surface area (Å²) in [6.45, 7) is 13.1. The largest absolute Gasteiger partial charge is 0.317 e. The first-order valence-corrected chi connectivity index (χ1v) is 8.97. The van der Waals surface area contributed by atoms with Crippen molar-refractivity contribution in [2.75, 3.05) is 19.6 Å². The molecule has 1 atom stereocenters. The van der Waals surface area contributed by atoms with Crippen molar-refractivity contribution < 1.29 is 0 Å². The Kier molecular flexibility index (Phi) is 6.06. The van der Waals surface area contributed by atoms with Crippen LogP contribution in [-0.2, 0) is 0 Å². The molecule has 0 radical (unpaired) electrons.